The average molecular weight is 325 g/mol. The topological polar surface area (TPSA) is 29.9 Å². The summed E-state index contributed by atoms with van der Waals surface area (Å²) >= 11 is 0. The van der Waals surface area contributed by atoms with Crippen LogP contribution in [0.4, 0.5) is 5.82 Å². The molecule has 25 heavy (non-hydrogen) atoms. The molecule has 3 heteroatoms. The smallest absolute Gasteiger partial charge is 0.133 e. The maximum Gasteiger partial charge on any atom is 0.133 e. The Bertz CT molecular complexity index is 1090. The van der Waals surface area contributed by atoms with Gasteiger partial charge in [-0.1, -0.05) is 60.7 Å². The molecule has 5 rings (SSSR count). The number of anilines is 1. The van der Waals surface area contributed by atoms with Crippen LogP contribution in [-0.4, -0.2) is 16.3 Å². The van der Waals surface area contributed by atoms with Crippen LogP contribution < -0.4 is 5.32 Å². The molecule has 0 amide bonds. The van der Waals surface area contributed by atoms with Gasteiger partial charge in [0.15, 0.2) is 0 Å². The van der Waals surface area contributed by atoms with E-state index in [4.69, 9.17) is 5.10 Å². The van der Waals surface area contributed by atoms with E-state index < -0.39 is 0 Å². The molecule has 3 nitrogen and oxygen atoms in total. The monoisotopic (exact) mass is 325 g/mol. The molecular weight excluding hydrogens is 306 g/mol. The Morgan fingerprint density at radius 1 is 0.920 bits per heavy atom. The van der Waals surface area contributed by atoms with Crippen LogP contribution in [0.15, 0.2) is 66.7 Å². The molecule has 0 atom stereocenters. The summed E-state index contributed by atoms with van der Waals surface area (Å²) in [6.07, 6.45) is 1.01. The molecule has 0 radical (unpaired) electrons. The van der Waals surface area contributed by atoms with Crippen molar-refractivity contribution < 1.29 is 0 Å². The van der Waals surface area contributed by atoms with Gasteiger partial charge in [-0.3, -0.25) is 0 Å². The molecule has 0 bridgehead atoms. The Balaban J connectivity index is 1.79. The van der Waals surface area contributed by atoms with Crippen molar-refractivity contribution >= 4 is 16.6 Å². The molecule has 0 aliphatic carbocycles. The summed E-state index contributed by atoms with van der Waals surface area (Å²) < 4.78 is 2.08. The Hall–Kier alpha value is -3.07. The number of benzene rings is 3. The second-order valence-corrected chi connectivity index (χ2v) is 6.58. The van der Waals surface area contributed by atoms with Crippen molar-refractivity contribution in [3.63, 3.8) is 0 Å². The minimum absolute atomic E-state index is 0.969. The molecule has 4 aromatic rings. The summed E-state index contributed by atoms with van der Waals surface area (Å²) in [6, 6.07) is 23.4. The maximum absolute atomic E-state index is 5.04. The second-order valence-electron chi connectivity index (χ2n) is 6.58. The first kappa shape index (κ1) is 14.3. The highest BCUT2D eigenvalue weighted by Gasteiger charge is 2.25. The fourth-order valence-electron chi connectivity index (χ4n) is 3.80. The van der Waals surface area contributed by atoms with Crippen molar-refractivity contribution in [3.8, 4) is 16.9 Å². The van der Waals surface area contributed by atoms with E-state index >= 15 is 0 Å². The lowest BCUT2D eigenvalue weighted by Gasteiger charge is -2.09. The van der Waals surface area contributed by atoms with Gasteiger partial charge >= 0.3 is 0 Å². The summed E-state index contributed by atoms with van der Waals surface area (Å²) in [5.74, 6) is 1.14. The number of para-hydroxylation sites is 1. The second kappa shape index (κ2) is 5.49. The predicted molar refractivity (Wildman–Crippen MR) is 103 cm³/mol. The van der Waals surface area contributed by atoms with Crippen LogP contribution in [0.2, 0.25) is 0 Å². The normalized spacial score (nSPS) is 13.0. The first-order valence-corrected chi connectivity index (χ1v) is 8.73. The van der Waals surface area contributed by atoms with Crippen molar-refractivity contribution in [1.82, 2.24) is 9.78 Å². The maximum atomic E-state index is 5.04. The molecule has 122 valence electrons. The van der Waals surface area contributed by atoms with Crippen LogP contribution in [0, 0.1) is 6.92 Å². The molecular formula is C22H19N3. The Morgan fingerprint density at radius 3 is 2.64 bits per heavy atom. The van der Waals surface area contributed by atoms with Crippen molar-refractivity contribution in [2.45, 2.75) is 13.3 Å². The van der Waals surface area contributed by atoms with Crippen LogP contribution in [0.25, 0.3) is 27.7 Å². The average Bonchev–Trinajstić information content (AvgIpc) is 3.25. The van der Waals surface area contributed by atoms with Gasteiger partial charge in [-0.05, 0) is 35.7 Å². The zero-order chi connectivity index (χ0) is 16.8. The first-order valence-electron chi connectivity index (χ1n) is 8.73. The molecule has 0 unspecified atom stereocenters. The summed E-state index contributed by atoms with van der Waals surface area (Å²) in [4.78, 5) is 0. The SMILES string of the molecule is Cc1ccccc1-n1nc(-c2cccc3ccccc23)c2c1NCC2. The van der Waals surface area contributed by atoms with E-state index in [0.717, 1.165) is 30.2 Å². The van der Waals surface area contributed by atoms with Crippen molar-refractivity contribution in [2.75, 3.05) is 11.9 Å². The Labute approximate surface area is 146 Å². The number of hydrogen-bond donors (Lipinski definition) is 1. The van der Waals surface area contributed by atoms with Gasteiger partial charge in [0.2, 0.25) is 0 Å². The van der Waals surface area contributed by atoms with Gasteiger partial charge in [0.1, 0.15) is 5.82 Å². The van der Waals surface area contributed by atoms with E-state index in [2.05, 4.69) is 83.7 Å². The molecule has 1 aromatic heterocycles. The molecule has 1 N–H and O–H groups in total. The van der Waals surface area contributed by atoms with Gasteiger partial charge in [0, 0.05) is 17.7 Å². The van der Waals surface area contributed by atoms with E-state index in [-0.39, 0.29) is 0 Å². The molecule has 1 aliphatic rings. The number of rotatable bonds is 2. The third kappa shape index (κ3) is 2.16. The lowest BCUT2D eigenvalue weighted by atomic mass is 9.99. The number of nitrogens with one attached hydrogen (secondary N) is 1. The predicted octanol–water partition coefficient (Wildman–Crippen LogP) is 4.97. The molecule has 2 heterocycles. The zero-order valence-corrected chi connectivity index (χ0v) is 14.2. The molecule has 0 fully saturated rings. The molecule has 0 spiro atoms. The minimum atomic E-state index is 0.969. The van der Waals surface area contributed by atoms with Crippen LogP contribution in [0.3, 0.4) is 0 Å². The van der Waals surface area contributed by atoms with Crippen LogP contribution in [-0.2, 0) is 6.42 Å². The standard InChI is InChI=1S/C22H19N3/c1-15-7-2-5-12-20(15)25-22-19(13-14-23-22)21(24-25)18-11-6-9-16-8-3-4-10-17(16)18/h2-12,23H,13-14H2,1H3. The summed E-state index contributed by atoms with van der Waals surface area (Å²) in [5.41, 5.74) is 6.00. The number of fused-ring (bicyclic) bond motifs is 2. The fourth-order valence-corrected chi connectivity index (χ4v) is 3.80. The minimum Gasteiger partial charge on any atom is -0.369 e. The summed E-state index contributed by atoms with van der Waals surface area (Å²) in [6.45, 7) is 3.10. The van der Waals surface area contributed by atoms with E-state index in [1.807, 2.05) is 0 Å². The van der Waals surface area contributed by atoms with Crippen molar-refractivity contribution in [2.24, 2.45) is 0 Å². The van der Waals surface area contributed by atoms with Crippen molar-refractivity contribution in [1.29, 1.82) is 0 Å². The molecule has 1 aliphatic heterocycles. The third-order valence-electron chi connectivity index (χ3n) is 5.04. The number of aryl methyl sites for hydroxylation is 1. The zero-order valence-electron chi connectivity index (χ0n) is 14.2. The number of aromatic nitrogens is 2. The summed E-state index contributed by atoms with van der Waals surface area (Å²) in [5, 5.41) is 11.1. The van der Waals surface area contributed by atoms with Gasteiger partial charge in [-0.25, -0.2) is 4.68 Å². The van der Waals surface area contributed by atoms with Gasteiger partial charge in [-0.15, -0.1) is 0 Å². The first-order chi connectivity index (χ1) is 12.3. The highest BCUT2D eigenvalue weighted by atomic mass is 15.3. The highest BCUT2D eigenvalue weighted by Crippen LogP contribution is 2.37. The van der Waals surface area contributed by atoms with Crippen LogP contribution in [0.1, 0.15) is 11.1 Å². The van der Waals surface area contributed by atoms with E-state index in [0.29, 0.717) is 0 Å². The summed E-state index contributed by atoms with van der Waals surface area (Å²) in [7, 11) is 0. The van der Waals surface area contributed by atoms with Gasteiger partial charge < -0.3 is 5.32 Å². The van der Waals surface area contributed by atoms with Crippen LogP contribution >= 0.6 is 0 Å². The van der Waals surface area contributed by atoms with Gasteiger partial charge in [0.05, 0.1) is 11.4 Å². The molecule has 0 saturated carbocycles. The quantitative estimate of drug-likeness (QED) is 0.564. The van der Waals surface area contributed by atoms with Crippen molar-refractivity contribution in [3.05, 3.63) is 77.9 Å². The van der Waals surface area contributed by atoms with E-state index in [1.165, 1.54) is 27.5 Å². The Morgan fingerprint density at radius 2 is 1.72 bits per heavy atom. The molecule has 3 aromatic carbocycles. The third-order valence-corrected chi connectivity index (χ3v) is 5.04. The highest BCUT2D eigenvalue weighted by molar-refractivity contribution is 5.97. The fraction of sp³-hybridized carbons (Fsp3) is 0.136. The number of nitrogens with zero attached hydrogens (tertiary/aromatic N) is 2. The van der Waals surface area contributed by atoms with Crippen LogP contribution in [0.5, 0.6) is 0 Å². The van der Waals surface area contributed by atoms with E-state index in [1.54, 1.807) is 0 Å². The number of hydrogen-bond acceptors (Lipinski definition) is 2. The lowest BCUT2D eigenvalue weighted by molar-refractivity contribution is 0.875. The van der Waals surface area contributed by atoms with Gasteiger partial charge in [-0.2, -0.15) is 5.10 Å². The van der Waals surface area contributed by atoms with E-state index in [9.17, 15) is 0 Å². The lowest BCUT2D eigenvalue weighted by Crippen LogP contribution is -2.05. The van der Waals surface area contributed by atoms with Gasteiger partial charge in [0.25, 0.3) is 0 Å². The Kier molecular flexibility index (Phi) is 3.14. The molecule has 0 saturated heterocycles. The largest absolute Gasteiger partial charge is 0.369 e.